The average Bonchev–Trinajstić information content (AvgIpc) is 2.79. The van der Waals surface area contributed by atoms with Crippen molar-refractivity contribution in [2.45, 2.75) is 0 Å². The Morgan fingerprint density at radius 2 is 1.80 bits per heavy atom. The van der Waals surface area contributed by atoms with Gasteiger partial charge in [0, 0.05) is 24.7 Å². The number of nitrogens with zero attached hydrogens (tertiary/aromatic N) is 3. The molecule has 3 aromatic rings. The molecule has 2 aromatic carbocycles. The van der Waals surface area contributed by atoms with Crippen LogP contribution in [0.4, 0.5) is 17.5 Å². The number of nitrogens with one attached hydrogen (secondary N) is 1. The number of hydrogen-bond donors (Lipinski definition) is 2. The van der Waals surface area contributed by atoms with Crippen LogP contribution in [0.15, 0.2) is 48.5 Å². The third-order valence-corrected chi connectivity index (χ3v) is 4.82. The van der Waals surface area contributed by atoms with E-state index in [0.29, 0.717) is 55.3 Å². The minimum Gasteiger partial charge on any atom is -0.508 e. The molecule has 0 spiro atoms. The van der Waals surface area contributed by atoms with Gasteiger partial charge in [0.05, 0.1) is 38.8 Å². The highest BCUT2D eigenvalue weighted by Crippen LogP contribution is 2.37. The van der Waals surface area contributed by atoms with Gasteiger partial charge in [-0.05, 0) is 24.3 Å². The second-order valence-corrected chi connectivity index (χ2v) is 6.75. The van der Waals surface area contributed by atoms with Crippen LogP contribution in [-0.4, -0.2) is 55.6 Å². The number of ether oxygens (including phenoxy) is 3. The molecule has 2 N–H and O–H groups in total. The predicted octanol–water partition coefficient (Wildman–Crippen LogP) is 3.45. The van der Waals surface area contributed by atoms with Gasteiger partial charge in [0.25, 0.3) is 0 Å². The summed E-state index contributed by atoms with van der Waals surface area (Å²) in [5.74, 6) is 2.60. The van der Waals surface area contributed by atoms with E-state index in [0.717, 1.165) is 11.3 Å². The van der Waals surface area contributed by atoms with E-state index < -0.39 is 0 Å². The van der Waals surface area contributed by atoms with Crippen molar-refractivity contribution in [3.8, 4) is 28.5 Å². The number of benzene rings is 2. The molecule has 0 saturated carbocycles. The van der Waals surface area contributed by atoms with E-state index in [-0.39, 0.29) is 5.75 Å². The third kappa shape index (κ3) is 4.23. The molecule has 30 heavy (non-hydrogen) atoms. The summed E-state index contributed by atoms with van der Waals surface area (Å²) >= 11 is 0. The largest absolute Gasteiger partial charge is 0.508 e. The van der Waals surface area contributed by atoms with Crippen LogP contribution < -0.4 is 19.7 Å². The first-order valence-electron chi connectivity index (χ1n) is 9.67. The number of anilines is 3. The number of phenols is 1. The molecule has 0 amide bonds. The molecule has 0 aliphatic carbocycles. The van der Waals surface area contributed by atoms with Gasteiger partial charge in [-0.25, -0.2) is 4.98 Å². The first-order valence-corrected chi connectivity index (χ1v) is 9.67. The number of rotatable bonds is 6. The van der Waals surface area contributed by atoms with Crippen molar-refractivity contribution in [3.05, 3.63) is 48.5 Å². The van der Waals surface area contributed by atoms with Gasteiger partial charge in [-0.3, -0.25) is 0 Å². The number of aromatic nitrogens is 2. The van der Waals surface area contributed by atoms with Crippen LogP contribution in [0.25, 0.3) is 11.3 Å². The molecule has 1 aliphatic heterocycles. The molecule has 0 bridgehead atoms. The van der Waals surface area contributed by atoms with Gasteiger partial charge in [-0.1, -0.05) is 18.2 Å². The van der Waals surface area contributed by atoms with Crippen LogP contribution in [0.3, 0.4) is 0 Å². The Bertz CT molecular complexity index is 1020. The maximum absolute atomic E-state index is 9.91. The summed E-state index contributed by atoms with van der Waals surface area (Å²) in [5, 5.41) is 13.2. The molecular weight excluding hydrogens is 384 g/mol. The van der Waals surface area contributed by atoms with Crippen LogP contribution in [0.1, 0.15) is 0 Å². The Hall–Kier alpha value is -3.52. The van der Waals surface area contributed by atoms with Crippen LogP contribution >= 0.6 is 0 Å². The number of aromatic hydroxyl groups is 1. The monoisotopic (exact) mass is 408 g/mol. The molecule has 1 fully saturated rings. The first kappa shape index (κ1) is 19.8. The fraction of sp³-hybridized carbons (Fsp3) is 0.273. The van der Waals surface area contributed by atoms with Crippen molar-refractivity contribution in [2.75, 3.05) is 50.7 Å². The number of hydrogen-bond acceptors (Lipinski definition) is 8. The zero-order chi connectivity index (χ0) is 20.9. The maximum atomic E-state index is 9.91. The summed E-state index contributed by atoms with van der Waals surface area (Å²) in [6.45, 7) is 2.69. The SMILES string of the molecule is COc1cccc(Nc2cc(-c3cccc(O)c3)nc(N3CCOCC3)n2)c1OC. The van der Waals surface area contributed by atoms with Crippen molar-refractivity contribution in [2.24, 2.45) is 0 Å². The van der Waals surface area contributed by atoms with Gasteiger partial charge in [0.2, 0.25) is 5.95 Å². The lowest BCUT2D eigenvalue weighted by atomic mass is 10.1. The summed E-state index contributed by atoms with van der Waals surface area (Å²) in [6, 6.07) is 14.5. The summed E-state index contributed by atoms with van der Waals surface area (Å²) in [7, 11) is 3.20. The van der Waals surface area contributed by atoms with Crippen LogP contribution in [-0.2, 0) is 4.74 Å². The van der Waals surface area contributed by atoms with Crippen molar-refractivity contribution in [1.29, 1.82) is 0 Å². The molecule has 0 radical (unpaired) electrons. The highest BCUT2D eigenvalue weighted by molar-refractivity contribution is 5.72. The van der Waals surface area contributed by atoms with E-state index in [2.05, 4.69) is 10.2 Å². The zero-order valence-corrected chi connectivity index (χ0v) is 17.0. The highest BCUT2D eigenvalue weighted by Gasteiger charge is 2.18. The van der Waals surface area contributed by atoms with Crippen LogP contribution in [0, 0.1) is 0 Å². The topological polar surface area (TPSA) is 89.0 Å². The molecule has 0 unspecified atom stereocenters. The molecule has 1 aliphatic rings. The van der Waals surface area contributed by atoms with E-state index in [1.165, 1.54) is 0 Å². The Morgan fingerprint density at radius 1 is 1.00 bits per heavy atom. The minimum absolute atomic E-state index is 0.183. The van der Waals surface area contributed by atoms with Gasteiger partial charge in [-0.2, -0.15) is 4.98 Å². The van der Waals surface area contributed by atoms with E-state index in [1.54, 1.807) is 32.4 Å². The van der Waals surface area contributed by atoms with Gasteiger partial charge in [0.1, 0.15) is 11.6 Å². The molecule has 1 saturated heterocycles. The number of methoxy groups -OCH3 is 2. The standard InChI is InChI=1S/C22H24N4O4/c1-28-19-8-4-7-17(21(19)29-2)23-20-14-18(15-5-3-6-16(27)13-15)24-22(25-20)26-9-11-30-12-10-26/h3-8,13-14,27H,9-12H2,1-2H3,(H,23,24,25). The quantitative estimate of drug-likeness (QED) is 0.641. The summed E-state index contributed by atoms with van der Waals surface area (Å²) < 4.78 is 16.4. The smallest absolute Gasteiger partial charge is 0.228 e. The Balaban J connectivity index is 1.76. The molecule has 0 atom stereocenters. The molecule has 8 nitrogen and oxygen atoms in total. The molecule has 4 rings (SSSR count). The maximum Gasteiger partial charge on any atom is 0.228 e. The van der Waals surface area contributed by atoms with Gasteiger partial charge < -0.3 is 29.5 Å². The second-order valence-electron chi connectivity index (χ2n) is 6.75. The molecule has 1 aromatic heterocycles. The normalized spacial score (nSPS) is 13.7. The fourth-order valence-corrected chi connectivity index (χ4v) is 3.34. The lowest BCUT2D eigenvalue weighted by Gasteiger charge is -2.27. The lowest BCUT2D eigenvalue weighted by Crippen LogP contribution is -2.37. The fourth-order valence-electron chi connectivity index (χ4n) is 3.34. The number of phenolic OH excluding ortho intramolecular Hbond substituents is 1. The van der Waals surface area contributed by atoms with Gasteiger partial charge >= 0.3 is 0 Å². The van der Waals surface area contributed by atoms with Gasteiger partial charge in [-0.15, -0.1) is 0 Å². The summed E-state index contributed by atoms with van der Waals surface area (Å²) in [6.07, 6.45) is 0. The van der Waals surface area contributed by atoms with E-state index in [1.807, 2.05) is 30.3 Å². The summed E-state index contributed by atoms with van der Waals surface area (Å²) in [5.41, 5.74) is 2.23. The Kier molecular flexibility index (Phi) is 5.85. The van der Waals surface area contributed by atoms with Crippen LogP contribution in [0.5, 0.6) is 17.2 Å². The van der Waals surface area contributed by atoms with E-state index >= 15 is 0 Å². The van der Waals surface area contributed by atoms with Crippen molar-refractivity contribution in [3.63, 3.8) is 0 Å². The molecule has 2 heterocycles. The van der Waals surface area contributed by atoms with Crippen LogP contribution in [0.2, 0.25) is 0 Å². The molecular formula is C22H24N4O4. The Labute approximate surface area is 175 Å². The first-order chi connectivity index (χ1) is 14.7. The summed E-state index contributed by atoms with van der Waals surface area (Å²) in [4.78, 5) is 11.5. The number of para-hydroxylation sites is 1. The van der Waals surface area contributed by atoms with Crippen molar-refractivity contribution >= 4 is 17.5 Å². The van der Waals surface area contributed by atoms with Crippen molar-refractivity contribution in [1.82, 2.24) is 9.97 Å². The predicted molar refractivity (Wildman–Crippen MR) is 115 cm³/mol. The van der Waals surface area contributed by atoms with E-state index in [9.17, 15) is 5.11 Å². The van der Waals surface area contributed by atoms with Crippen molar-refractivity contribution < 1.29 is 19.3 Å². The van der Waals surface area contributed by atoms with Gasteiger partial charge in [0.15, 0.2) is 11.5 Å². The lowest BCUT2D eigenvalue weighted by molar-refractivity contribution is 0.122. The molecule has 8 heteroatoms. The average molecular weight is 408 g/mol. The Morgan fingerprint density at radius 3 is 2.53 bits per heavy atom. The second kappa shape index (κ2) is 8.87. The minimum atomic E-state index is 0.183. The third-order valence-electron chi connectivity index (χ3n) is 4.82. The highest BCUT2D eigenvalue weighted by atomic mass is 16.5. The zero-order valence-electron chi connectivity index (χ0n) is 17.0. The number of morpholine rings is 1. The molecule has 156 valence electrons. The van der Waals surface area contributed by atoms with E-state index in [4.69, 9.17) is 24.2 Å².